The molecule has 8 nitrogen and oxygen atoms in total. The number of benzene rings is 1. The van der Waals surface area contributed by atoms with Crippen LogP contribution in [0, 0.1) is 0 Å². The molecule has 2 N–H and O–H groups in total. The minimum Gasteiger partial charge on any atom is -0.465 e. The van der Waals surface area contributed by atoms with Gasteiger partial charge in [-0.3, -0.25) is 9.11 Å². The molecule has 0 amide bonds. The number of aromatic nitrogens is 2. The van der Waals surface area contributed by atoms with Crippen LogP contribution in [-0.4, -0.2) is 35.7 Å². The van der Waals surface area contributed by atoms with E-state index < -0.39 is 10.4 Å². The Morgan fingerprint density at radius 3 is 2.40 bits per heavy atom. The molecule has 20 heavy (non-hydrogen) atoms. The van der Waals surface area contributed by atoms with E-state index in [-0.39, 0.29) is 5.97 Å². The van der Waals surface area contributed by atoms with Crippen LogP contribution in [0.3, 0.4) is 0 Å². The van der Waals surface area contributed by atoms with Crippen LogP contribution in [0.15, 0.2) is 30.5 Å². The highest BCUT2D eigenvalue weighted by Crippen LogP contribution is 2.14. The van der Waals surface area contributed by atoms with E-state index in [1.165, 1.54) is 7.11 Å². The molecular formula is C11H13N2O6S+. The SMILES string of the molecule is COC(=O)c1c[n+](C)nc2ccccc12.O=S(=O)(O)O. The van der Waals surface area contributed by atoms with E-state index in [1.54, 1.807) is 17.9 Å². The molecular weight excluding hydrogens is 288 g/mol. The molecule has 2 aromatic rings. The standard InChI is InChI=1S/C11H11N2O2.H2O4S/c1-13-7-9(11(14)15-2)8-5-3-4-6-10(8)12-13;1-5(2,3)4/h3-7H,1-2H3;(H2,1,2,3,4)/q+1;. The Hall–Kier alpha value is -2.10. The Kier molecular flexibility index (Phi) is 5.08. The Labute approximate surface area is 115 Å². The summed E-state index contributed by atoms with van der Waals surface area (Å²) in [5.41, 5.74) is 1.31. The van der Waals surface area contributed by atoms with Crippen LogP contribution < -0.4 is 4.68 Å². The number of carbonyl (C=O) groups is 1. The highest BCUT2D eigenvalue weighted by Gasteiger charge is 2.15. The van der Waals surface area contributed by atoms with Crippen LogP contribution in [0.1, 0.15) is 10.4 Å². The number of aryl methyl sites for hydroxylation is 1. The first kappa shape index (κ1) is 16.0. The lowest BCUT2D eigenvalue weighted by Gasteiger charge is -2.00. The second-order valence-electron chi connectivity index (χ2n) is 3.67. The number of carbonyl (C=O) groups excluding carboxylic acids is 1. The average molecular weight is 301 g/mol. The molecule has 0 aliphatic rings. The van der Waals surface area contributed by atoms with Gasteiger partial charge in [-0.2, -0.15) is 8.42 Å². The number of hydrogen-bond acceptors (Lipinski definition) is 5. The fourth-order valence-corrected chi connectivity index (χ4v) is 1.52. The molecule has 1 aromatic heterocycles. The highest BCUT2D eigenvalue weighted by molar-refractivity contribution is 7.79. The van der Waals surface area contributed by atoms with Gasteiger partial charge in [0.05, 0.1) is 7.11 Å². The van der Waals surface area contributed by atoms with Gasteiger partial charge in [-0.1, -0.05) is 22.9 Å². The normalized spacial score (nSPS) is 10.6. The predicted molar refractivity (Wildman–Crippen MR) is 68.4 cm³/mol. The molecule has 9 heteroatoms. The van der Waals surface area contributed by atoms with E-state index in [9.17, 15) is 4.79 Å². The molecule has 0 unspecified atom stereocenters. The zero-order valence-corrected chi connectivity index (χ0v) is 11.5. The van der Waals surface area contributed by atoms with Gasteiger partial charge in [-0.25, -0.2) is 4.79 Å². The summed E-state index contributed by atoms with van der Waals surface area (Å²) in [5.74, 6) is -0.343. The monoisotopic (exact) mass is 301 g/mol. The van der Waals surface area contributed by atoms with Crippen molar-refractivity contribution in [2.45, 2.75) is 0 Å². The molecule has 1 heterocycles. The highest BCUT2D eigenvalue weighted by atomic mass is 32.3. The maximum absolute atomic E-state index is 11.5. The van der Waals surface area contributed by atoms with Crippen molar-refractivity contribution in [3.05, 3.63) is 36.0 Å². The number of nitrogens with zero attached hydrogens (tertiary/aromatic N) is 2. The summed E-state index contributed by atoms with van der Waals surface area (Å²) in [4.78, 5) is 11.5. The van der Waals surface area contributed by atoms with E-state index in [0.717, 1.165) is 10.9 Å². The maximum atomic E-state index is 11.5. The molecule has 1 aromatic carbocycles. The molecule has 0 fully saturated rings. The lowest BCUT2D eigenvalue weighted by molar-refractivity contribution is -0.728. The first-order chi connectivity index (χ1) is 9.22. The summed E-state index contributed by atoms with van der Waals surface area (Å²) in [7, 11) is -1.52. The zero-order valence-electron chi connectivity index (χ0n) is 10.7. The van der Waals surface area contributed by atoms with Crippen LogP contribution in [-0.2, 0) is 22.2 Å². The van der Waals surface area contributed by atoms with Crippen LogP contribution in [0.25, 0.3) is 10.9 Å². The molecule has 0 saturated heterocycles. The molecule has 0 atom stereocenters. The summed E-state index contributed by atoms with van der Waals surface area (Å²) in [6.07, 6.45) is 1.66. The number of fused-ring (bicyclic) bond motifs is 1. The Morgan fingerprint density at radius 2 is 1.85 bits per heavy atom. The summed E-state index contributed by atoms with van der Waals surface area (Å²) < 4.78 is 37.9. The molecule has 0 radical (unpaired) electrons. The third kappa shape index (κ3) is 4.88. The smallest absolute Gasteiger partial charge is 0.394 e. The van der Waals surface area contributed by atoms with Gasteiger partial charge in [-0.05, 0) is 11.2 Å². The van der Waals surface area contributed by atoms with E-state index >= 15 is 0 Å². The third-order valence-electron chi connectivity index (χ3n) is 2.18. The second kappa shape index (κ2) is 6.37. The van der Waals surface area contributed by atoms with Crippen LogP contribution in [0.5, 0.6) is 0 Å². The van der Waals surface area contributed by atoms with Gasteiger partial charge in [0.15, 0.2) is 7.05 Å². The largest absolute Gasteiger partial charge is 0.465 e. The van der Waals surface area contributed by atoms with E-state index in [2.05, 4.69) is 5.10 Å². The van der Waals surface area contributed by atoms with E-state index in [0.29, 0.717) is 5.56 Å². The van der Waals surface area contributed by atoms with Crippen molar-refractivity contribution >= 4 is 27.3 Å². The van der Waals surface area contributed by atoms with Crippen molar-refractivity contribution in [2.75, 3.05) is 7.11 Å². The topological polar surface area (TPSA) is 118 Å². The summed E-state index contributed by atoms with van der Waals surface area (Å²) in [5, 5.41) is 5.07. The minimum absolute atomic E-state index is 0.343. The zero-order chi connectivity index (χ0) is 15.3. The van der Waals surface area contributed by atoms with E-state index in [1.807, 2.05) is 24.3 Å². The molecule has 2 rings (SSSR count). The average Bonchev–Trinajstić information content (AvgIpc) is 2.34. The fourth-order valence-electron chi connectivity index (χ4n) is 1.52. The molecule has 0 aliphatic carbocycles. The minimum atomic E-state index is -4.67. The van der Waals surface area contributed by atoms with Crippen LogP contribution in [0.4, 0.5) is 0 Å². The van der Waals surface area contributed by atoms with Crippen molar-refractivity contribution < 1.29 is 31.7 Å². The Morgan fingerprint density at radius 1 is 1.30 bits per heavy atom. The van der Waals surface area contributed by atoms with E-state index in [4.69, 9.17) is 22.3 Å². The van der Waals surface area contributed by atoms with Gasteiger partial charge in [0.1, 0.15) is 11.1 Å². The Bertz CT molecular complexity index is 721. The summed E-state index contributed by atoms with van der Waals surface area (Å²) >= 11 is 0. The number of methoxy groups -OCH3 is 1. The van der Waals surface area contributed by atoms with Crippen molar-refractivity contribution in [3.63, 3.8) is 0 Å². The summed E-state index contributed by atoms with van der Waals surface area (Å²) in [6.45, 7) is 0. The first-order valence-electron chi connectivity index (χ1n) is 5.26. The molecule has 0 bridgehead atoms. The van der Waals surface area contributed by atoms with Gasteiger partial charge in [0.25, 0.3) is 0 Å². The van der Waals surface area contributed by atoms with Gasteiger partial charge in [0.2, 0.25) is 6.20 Å². The maximum Gasteiger partial charge on any atom is 0.394 e. The predicted octanol–water partition coefficient (Wildman–Crippen LogP) is 0.193. The van der Waals surface area contributed by atoms with Gasteiger partial charge < -0.3 is 4.74 Å². The van der Waals surface area contributed by atoms with Gasteiger partial charge in [-0.15, -0.1) is 0 Å². The quantitative estimate of drug-likeness (QED) is 0.438. The van der Waals surface area contributed by atoms with Crippen molar-refractivity contribution in [2.24, 2.45) is 7.05 Å². The molecule has 0 saturated carbocycles. The first-order valence-corrected chi connectivity index (χ1v) is 6.66. The molecule has 0 spiro atoms. The van der Waals surface area contributed by atoms with Crippen LogP contribution in [0.2, 0.25) is 0 Å². The van der Waals surface area contributed by atoms with Gasteiger partial charge in [0, 0.05) is 5.39 Å². The number of rotatable bonds is 1. The third-order valence-corrected chi connectivity index (χ3v) is 2.18. The van der Waals surface area contributed by atoms with Crippen LogP contribution >= 0.6 is 0 Å². The number of esters is 1. The van der Waals surface area contributed by atoms with Crippen molar-refractivity contribution in [1.29, 1.82) is 0 Å². The fraction of sp³-hybridized carbons (Fsp3) is 0.182. The van der Waals surface area contributed by atoms with Crippen molar-refractivity contribution in [1.82, 2.24) is 5.10 Å². The van der Waals surface area contributed by atoms with Gasteiger partial charge >= 0.3 is 16.4 Å². The Balaban J connectivity index is 0.000000347. The lowest BCUT2D eigenvalue weighted by atomic mass is 10.1. The molecule has 0 aliphatic heterocycles. The molecule has 108 valence electrons. The number of hydrogen-bond donors (Lipinski definition) is 2. The number of ether oxygens (including phenoxy) is 1. The second-order valence-corrected chi connectivity index (χ2v) is 4.57. The summed E-state index contributed by atoms with van der Waals surface area (Å²) in [6, 6.07) is 7.48. The van der Waals surface area contributed by atoms with Crippen molar-refractivity contribution in [3.8, 4) is 0 Å². The lowest BCUT2D eigenvalue weighted by Crippen LogP contribution is -2.33.